The number of hydrogen-bond donors (Lipinski definition) is 2. The molecule has 10 nitrogen and oxygen atoms in total. The molecule has 0 atom stereocenters. The number of carbonyl (C=O) groups excluding carboxylic acids is 1. The number of anilines is 2. The number of halogens is 1. The van der Waals surface area contributed by atoms with E-state index in [1.807, 2.05) is 0 Å². The van der Waals surface area contributed by atoms with Crippen molar-refractivity contribution in [1.29, 1.82) is 0 Å². The van der Waals surface area contributed by atoms with Crippen LogP contribution in [0, 0.1) is 0 Å². The Labute approximate surface area is 211 Å². The summed E-state index contributed by atoms with van der Waals surface area (Å²) < 4.78 is 72.5. The minimum absolute atomic E-state index is 0.107. The summed E-state index contributed by atoms with van der Waals surface area (Å²) in [6, 6.07) is 15.9. The van der Waals surface area contributed by atoms with E-state index in [2.05, 4.69) is 14.2 Å². The lowest BCUT2D eigenvalue weighted by Crippen LogP contribution is -2.18. The topological polar surface area (TPSA) is 141 Å². The monoisotopic (exact) mass is 550 g/mol. The summed E-state index contributed by atoms with van der Waals surface area (Å²) in [6.45, 7) is 0. The number of furan rings is 1. The molecule has 0 amide bonds. The molecule has 4 rings (SSSR count). The number of ether oxygens (including phenoxy) is 2. The van der Waals surface area contributed by atoms with E-state index in [0.29, 0.717) is 11.0 Å². The second-order valence-electron chi connectivity index (χ2n) is 7.33. The highest BCUT2D eigenvalue weighted by molar-refractivity contribution is 7.93. The first-order chi connectivity index (χ1) is 17.1. The van der Waals surface area contributed by atoms with Crippen LogP contribution < -0.4 is 14.2 Å². The van der Waals surface area contributed by atoms with Gasteiger partial charge in [0.1, 0.15) is 16.0 Å². The fourth-order valence-electron chi connectivity index (χ4n) is 3.38. The summed E-state index contributed by atoms with van der Waals surface area (Å²) in [7, 11) is -6.29. The third-order valence-corrected chi connectivity index (χ3v) is 7.86. The molecule has 1 aromatic heterocycles. The molecule has 3 aromatic carbocycles. The molecule has 0 fully saturated rings. The third-order valence-electron chi connectivity index (χ3n) is 5.02. The quantitative estimate of drug-likeness (QED) is 0.306. The van der Waals surface area contributed by atoms with Crippen molar-refractivity contribution in [3.63, 3.8) is 0 Å². The summed E-state index contributed by atoms with van der Waals surface area (Å²) in [4.78, 5) is 11.7. The molecule has 1 heterocycles. The van der Waals surface area contributed by atoms with Crippen LogP contribution in [0.4, 0.5) is 11.4 Å². The van der Waals surface area contributed by atoms with E-state index in [1.54, 1.807) is 24.3 Å². The number of para-hydroxylation sites is 2. The number of hydrogen-bond acceptors (Lipinski definition) is 8. The number of nitrogens with one attached hydrogen (secondary N) is 2. The second-order valence-corrected chi connectivity index (χ2v) is 11.0. The summed E-state index contributed by atoms with van der Waals surface area (Å²) in [5.41, 5.74) is -0.0356. The lowest BCUT2D eigenvalue weighted by atomic mass is 10.2. The lowest BCUT2D eigenvalue weighted by Gasteiger charge is -2.16. The molecule has 0 bridgehead atoms. The predicted molar refractivity (Wildman–Crippen MR) is 134 cm³/mol. The molecule has 188 valence electrons. The summed E-state index contributed by atoms with van der Waals surface area (Å²) >= 11 is 6.06. The molecule has 0 aliphatic rings. The maximum absolute atomic E-state index is 13.3. The third kappa shape index (κ3) is 4.96. The van der Waals surface area contributed by atoms with E-state index in [1.165, 1.54) is 49.6 Å². The largest absolute Gasteiger partial charge is 0.494 e. The smallest absolute Gasteiger partial charge is 0.341 e. The highest BCUT2D eigenvalue weighted by Gasteiger charge is 2.27. The zero-order valence-electron chi connectivity index (χ0n) is 18.8. The van der Waals surface area contributed by atoms with Crippen molar-refractivity contribution in [1.82, 2.24) is 0 Å². The Morgan fingerprint density at radius 3 is 2.28 bits per heavy atom. The molecule has 0 saturated heterocycles. The highest BCUT2D eigenvalue weighted by Crippen LogP contribution is 2.34. The van der Waals surface area contributed by atoms with Crippen molar-refractivity contribution in [2.45, 2.75) is 9.99 Å². The molecule has 0 unspecified atom stereocenters. The van der Waals surface area contributed by atoms with Crippen LogP contribution in [0.15, 0.2) is 81.1 Å². The fourth-order valence-corrected chi connectivity index (χ4v) is 5.87. The van der Waals surface area contributed by atoms with Gasteiger partial charge in [-0.1, -0.05) is 35.9 Å². The van der Waals surface area contributed by atoms with Crippen LogP contribution in [-0.2, 0) is 24.8 Å². The SMILES string of the molecule is COC(=O)c1cccc(S(=O)(=O)Nc2ccc(Cl)cc2NS(=O)(=O)c2cc3ccccc3o2)c1OC. The Morgan fingerprint density at radius 2 is 1.58 bits per heavy atom. The van der Waals surface area contributed by atoms with Gasteiger partial charge in [-0.25, -0.2) is 13.2 Å². The Balaban J connectivity index is 1.72. The molecule has 0 spiro atoms. The van der Waals surface area contributed by atoms with Gasteiger partial charge in [0, 0.05) is 16.5 Å². The van der Waals surface area contributed by atoms with E-state index in [9.17, 15) is 21.6 Å². The molecule has 2 N–H and O–H groups in total. The number of rotatable bonds is 8. The summed E-state index contributed by atoms with van der Waals surface area (Å²) in [5.74, 6) is -1.04. The van der Waals surface area contributed by atoms with Crippen LogP contribution in [0.3, 0.4) is 0 Å². The van der Waals surface area contributed by atoms with Gasteiger partial charge in [0.25, 0.3) is 20.0 Å². The predicted octanol–water partition coefficient (Wildman–Crippen LogP) is 4.48. The fraction of sp³-hybridized carbons (Fsp3) is 0.0870. The highest BCUT2D eigenvalue weighted by atomic mass is 35.5. The van der Waals surface area contributed by atoms with Crippen molar-refractivity contribution in [3.05, 3.63) is 77.3 Å². The number of methoxy groups -OCH3 is 2. The second kappa shape index (κ2) is 9.72. The molecule has 0 radical (unpaired) electrons. The minimum atomic E-state index is -4.38. The van der Waals surface area contributed by atoms with Crippen molar-refractivity contribution in [2.75, 3.05) is 23.7 Å². The molecule has 0 saturated carbocycles. The van der Waals surface area contributed by atoms with Crippen LogP contribution in [0.5, 0.6) is 5.75 Å². The first kappa shape index (κ1) is 25.4. The zero-order chi connectivity index (χ0) is 26.1. The van der Waals surface area contributed by atoms with Crippen LogP contribution in [0.25, 0.3) is 11.0 Å². The average Bonchev–Trinajstić information content (AvgIpc) is 3.30. The van der Waals surface area contributed by atoms with Crippen LogP contribution >= 0.6 is 11.6 Å². The van der Waals surface area contributed by atoms with E-state index in [0.717, 1.165) is 7.11 Å². The van der Waals surface area contributed by atoms with Gasteiger partial charge in [0.2, 0.25) is 5.09 Å². The summed E-state index contributed by atoms with van der Waals surface area (Å²) in [5, 5.41) is 0.345. The normalized spacial score (nSPS) is 11.8. The number of fused-ring (bicyclic) bond motifs is 1. The molecule has 4 aromatic rings. The van der Waals surface area contributed by atoms with Crippen molar-refractivity contribution >= 4 is 60.0 Å². The van der Waals surface area contributed by atoms with Crippen molar-refractivity contribution in [2.24, 2.45) is 0 Å². The van der Waals surface area contributed by atoms with Gasteiger partial charge in [0.05, 0.1) is 25.6 Å². The van der Waals surface area contributed by atoms with Crippen LogP contribution in [0.1, 0.15) is 10.4 Å². The van der Waals surface area contributed by atoms with Gasteiger partial charge < -0.3 is 13.9 Å². The van der Waals surface area contributed by atoms with Gasteiger partial charge in [-0.05, 0) is 36.4 Å². The van der Waals surface area contributed by atoms with Crippen molar-refractivity contribution in [3.8, 4) is 5.75 Å². The average molecular weight is 551 g/mol. The van der Waals surface area contributed by atoms with Gasteiger partial charge in [-0.3, -0.25) is 9.44 Å². The number of sulfonamides is 2. The van der Waals surface area contributed by atoms with Crippen molar-refractivity contribution < 1.29 is 35.5 Å². The lowest BCUT2D eigenvalue weighted by molar-refractivity contribution is 0.0596. The van der Waals surface area contributed by atoms with E-state index < -0.39 is 26.0 Å². The maximum atomic E-state index is 13.3. The van der Waals surface area contributed by atoms with Gasteiger partial charge in [-0.15, -0.1) is 0 Å². The first-order valence-corrected chi connectivity index (χ1v) is 13.5. The standard InChI is InChI=1S/C23H19ClN2O8S2/c1-32-22-16(23(27)33-2)7-5-9-20(22)35(28,29)25-17-11-10-15(24)13-18(17)26-36(30,31)21-12-14-6-3-4-8-19(14)34-21/h3-13,25-26H,1-2H3. The Kier molecular flexibility index (Phi) is 6.85. The molecule has 13 heteroatoms. The first-order valence-electron chi connectivity index (χ1n) is 10.1. The maximum Gasteiger partial charge on any atom is 0.341 e. The van der Waals surface area contributed by atoms with Gasteiger partial charge in [-0.2, -0.15) is 8.42 Å². The van der Waals surface area contributed by atoms with Crippen LogP contribution in [-0.4, -0.2) is 37.0 Å². The van der Waals surface area contributed by atoms with E-state index in [4.69, 9.17) is 20.8 Å². The molecular weight excluding hydrogens is 532 g/mol. The molecule has 36 heavy (non-hydrogen) atoms. The molecule has 0 aliphatic carbocycles. The Hall–Kier alpha value is -3.74. The van der Waals surface area contributed by atoms with E-state index in [-0.39, 0.29) is 37.7 Å². The van der Waals surface area contributed by atoms with Crippen LogP contribution in [0.2, 0.25) is 5.02 Å². The zero-order valence-corrected chi connectivity index (χ0v) is 21.2. The number of carbonyl (C=O) groups is 1. The Bertz CT molecular complexity index is 1650. The molecular formula is C23H19ClN2O8S2. The number of benzene rings is 3. The number of esters is 1. The molecule has 0 aliphatic heterocycles. The van der Waals surface area contributed by atoms with Gasteiger partial charge in [0.15, 0.2) is 5.75 Å². The van der Waals surface area contributed by atoms with Gasteiger partial charge >= 0.3 is 5.97 Å². The Morgan fingerprint density at radius 1 is 0.861 bits per heavy atom. The minimum Gasteiger partial charge on any atom is -0.494 e. The van der Waals surface area contributed by atoms with E-state index >= 15 is 0 Å². The summed E-state index contributed by atoms with van der Waals surface area (Å²) in [6.07, 6.45) is 0.